The highest BCUT2D eigenvalue weighted by molar-refractivity contribution is 5.76. The summed E-state index contributed by atoms with van der Waals surface area (Å²) in [6, 6.07) is 7.35. The third kappa shape index (κ3) is 1.59. The van der Waals surface area contributed by atoms with Gasteiger partial charge in [0.1, 0.15) is 5.75 Å². The van der Waals surface area contributed by atoms with Crippen molar-refractivity contribution in [1.29, 1.82) is 0 Å². The first-order valence-electron chi connectivity index (χ1n) is 4.37. The molecule has 1 N–H and O–H groups in total. The molecule has 0 saturated heterocycles. The van der Waals surface area contributed by atoms with Gasteiger partial charge in [0.25, 0.3) is 0 Å². The van der Waals surface area contributed by atoms with E-state index in [1.807, 2.05) is 24.3 Å². The van der Waals surface area contributed by atoms with Crippen LogP contribution in [-0.2, 0) is 0 Å². The molecule has 1 aromatic carbocycles. The molecule has 0 fully saturated rings. The standard InChI is InChI=1S/C10H9N3O2/c1-15-9-5-3-2-4-7(9)10-8(13-14)6-11-12-10/h2-6H,1H3,(H,11,12). The molecule has 0 unspecified atom stereocenters. The molecule has 0 amide bonds. The van der Waals surface area contributed by atoms with Crippen LogP contribution in [0.5, 0.6) is 5.75 Å². The van der Waals surface area contributed by atoms with Crippen molar-refractivity contribution >= 4 is 5.69 Å². The number of nitroso groups, excluding NO2 is 1. The summed E-state index contributed by atoms with van der Waals surface area (Å²) in [7, 11) is 1.57. The van der Waals surface area contributed by atoms with Crippen molar-refractivity contribution < 1.29 is 4.74 Å². The van der Waals surface area contributed by atoms with Gasteiger partial charge >= 0.3 is 0 Å². The average Bonchev–Trinajstić information content (AvgIpc) is 2.76. The summed E-state index contributed by atoms with van der Waals surface area (Å²) in [4.78, 5) is 10.5. The third-order valence-corrected chi connectivity index (χ3v) is 2.09. The minimum Gasteiger partial charge on any atom is -0.496 e. The molecule has 0 spiro atoms. The number of H-pyrrole nitrogens is 1. The molecular formula is C10H9N3O2. The van der Waals surface area contributed by atoms with Crippen molar-refractivity contribution in [3.8, 4) is 17.0 Å². The molecule has 0 atom stereocenters. The van der Waals surface area contributed by atoms with Crippen molar-refractivity contribution in [1.82, 2.24) is 10.2 Å². The third-order valence-electron chi connectivity index (χ3n) is 2.09. The maximum atomic E-state index is 10.5. The Balaban J connectivity index is 2.58. The number of methoxy groups -OCH3 is 1. The Bertz CT molecular complexity index is 479. The van der Waals surface area contributed by atoms with Gasteiger partial charge in [0.15, 0.2) is 5.69 Å². The van der Waals surface area contributed by atoms with Crippen LogP contribution in [0.25, 0.3) is 11.3 Å². The maximum Gasteiger partial charge on any atom is 0.153 e. The second-order valence-corrected chi connectivity index (χ2v) is 2.92. The molecule has 5 heteroatoms. The molecule has 0 aliphatic rings. The van der Waals surface area contributed by atoms with Gasteiger partial charge in [-0.15, -0.1) is 4.91 Å². The first kappa shape index (κ1) is 9.39. The maximum absolute atomic E-state index is 10.5. The highest BCUT2D eigenvalue weighted by atomic mass is 16.5. The number of aromatic amines is 1. The highest BCUT2D eigenvalue weighted by Crippen LogP contribution is 2.33. The Morgan fingerprint density at radius 3 is 2.93 bits per heavy atom. The number of nitrogens with zero attached hydrogens (tertiary/aromatic N) is 2. The minimum absolute atomic E-state index is 0.277. The van der Waals surface area contributed by atoms with Crippen LogP contribution in [0.3, 0.4) is 0 Å². The fourth-order valence-electron chi connectivity index (χ4n) is 1.40. The molecule has 1 heterocycles. The monoisotopic (exact) mass is 203 g/mol. The van der Waals surface area contributed by atoms with Gasteiger partial charge in [-0.05, 0) is 17.3 Å². The molecule has 0 radical (unpaired) electrons. The normalized spacial score (nSPS) is 9.93. The molecule has 0 bridgehead atoms. The second-order valence-electron chi connectivity index (χ2n) is 2.92. The lowest BCUT2D eigenvalue weighted by atomic mass is 10.1. The molecule has 76 valence electrons. The van der Waals surface area contributed by atoms with Gasteiger partial charge in [0.05, 0.1) is 19.0 Å². The number of nitrogens with one attached hydrogen (secondary N) is 1. The molecule has 15 heavy (non-hydrogen) atoms. The van der Waals surface area contributed by atoms with Gasteiger partial charge in [-0.3, -0.25) is 5.10 Å². The number of hydrogen-bond donors (Lipinski definition) is 1. The van der Waals surface area contributed by atoms with Crippen LogP contribution in [0.4, 0.5) is 5.69 Å². The number of aromatic nitrogens is 2. The van der Waals surface area contributed by atoms with E-state index in [0.717, 1.165) is 5.56 Å². The summed E-state index contributed by atoms with van der Waals surface area (Å²) >= 11 is 0. The first-order chi connectivity index (χ1) is 7.36. The van der Waals surface area contributed by atoms with E-state index < -0.39 is 0 Å². The van der Waals surface area contributed by atoms with E-state index in [9.17, 15) is 4.91 Å². The Morgan fingerprint density at radius 2 is 2.20 bits per heavy atom. The van der Waals surface area contributed by atoms with Crippen molar-refractivity contribution in [2.75, 3.05) is 7.11 Å². The zero-order chi connectivity index (χ0) is 10.7. The van der Waals surface area contributed by atoms with Gasteiger partial charge < -0.3 is 4.74 Å². The Kier molecular flexibility index (Phi) is 2.45. The highest BCUT2D eigenvalue weighted by Gasteiger charge is 2.11. The SMILES string of the molecule is COc1ccccc1-c1[nH]ncc1N=O. The Hall–Kier alpha value is -2.17. The molecule has 0 aliphatic carbocycles. The van der Waals surface area contributed by atoms with Crippen LogP contribution in [-0.4, -0.2) is 17.3 Å². The van der Waals surface area contributed by atoms with Gasteiger partial charge in [-0.1, -0.05) is 12.1 Å². The summed E-state index contributed by atoms with van der Waals surface area (Å²) < 4.78 is 5.18. The largest absolute Gasteiger partial charge is 0.496 e. The number of hydrogen-bond acceptors (Lipinski definition) is 4. The topological polar surface area (TPSA) is 67.3 Å². The summed E-state index contributed by atoms with van der Waals surface area (Å²) in [6.07, 6.45) is 1.38. The smallest absolute Gasteiger partial charge is 0.153 e. The quantitative estimate of drug-likeness (QED) is 0.779. The van der Waals surface area contributed by atoms with Gasteiger partial charge in [0.2, 0.25) is 0 Å². The summed E-state index contributed by atoms with van der Waals surface area (Å²) in [5, 5.41) is 9.38. The molecule has 5 nitrogen and oxygen atoms in total. The van der Waals surface area contributed by atoms with Crippen LogP contribution in [0.15, 0.2) is 35.6 Å². The van der Waals surface area contributed by atoms with Crippen molar-refractivity contribution in [2.45, 2.75) is 0 Å². The lowest BCUT2D eigenvalue weighted by molar-refractivity contribution is 0.416. The van der Waals surface area contributed by atoms with Crippen LogP contribution in [0.1, 0.15) is 0 Å². The Labute approximate surface area is 86.1 Å². The van der Waals surface area contributed by atoms with Crippen molar-refractivity contribution in [3.63, 3.8) is 0 Å². The van der Waals surface area contributed by atoms with Gasteiger partial charge in [0, 0.05) is 5.56 Å². The molecule has 2 rings (SSSR count). The fraction of sp³-hybridized carbons (Fsp3) is 0.100. The van der Waals surface area contributed by atoms with E-state index in [4.69, 9.17) is 4.74 Å². The predicted octanol–water partition coefficient (Wildman–Crippen LogP) is 2.48. The molecule has 0 saturated carbocycles. The number of para-hydroxylation sites is 1. The number of ether oxygens (including phenoxy) is 1. The van der Waals surface area contributed by atoms with Crippen LogP contribution < -0.4 is 4.74 Å². The van der Waals surface area contributed by atoms with E-state index in [0.29, 0.717) is 11.4 Å². The molecule has 1 aromatic heterocycles. The van der Waals surface area contributed by atoms with E-state index in [1.165, 1.54) is 6.20 Å². The predicted molar refractivity (Wildman–Crippen MR) is 56.0 cm³/mol. The lowest BCUT2D eigenvalue weighted by Crippen LogP contribution is -1.87. The van der Waals surface area contributed by atoms with Crippen LogP contribution >= 0.6 is 0 Å². The zero-order valence-corrected chi connectivity index (χ0v) is 8.10. The molecule has 0 aliphatic heterocycles. The summed E-state index contributed by atoms with van der Waals surface area (Å²) in [6.45, 7) is 0. The lowest BCUT2D eigenvalue weighted by Gasteiger charge is -2.05. The average molecular weight is 203 g/mol. The summed E-state index contributed by atoms with van der Waals surface area (Å²) in [5.41, 5.74) is 1.62. The van der Waals surface area contributed by atoms with E-state index in [1.54, 1.807) is 7.11 Å². The van der Waals surface area contributed by atoms with E-state index in [-0.39, 0.29) is 5.69 Å². The molecular weight excluding hydrogens is 194 g/mol. The van der Waals surface area contributed by atoms with Crippen molar-refractivity contribution in [2.24, 2.45) is 5.18 Å². The van der Waals surface area contributed by atoms with Crippen molar-refractivity contribution in [3.05, 3.63) is 35.4 Å². The zero-order valence-electron chi connectivity index (χ0n) is 8.10. The van der Waals surface area contributed by atoms with E-state index in [2.05, 4.69) is 15.4 Å². The Morgan fingerprint density at radius 1 is 1.40 bits per heavy atom. The minimum atomic E-state index is 0.277. The second kappa shape index (κ2) is 3.91. The van der Waals surface area contributed by atoms with Gasteiger partial charge in [-0.25, -0.2) is 0 Å². The van der Waals surface area contributed by atoms with Gasteiger partial charge in [-0.2, -0.15) is 5.10 Å². The first-order valence-corrected chi connectivity index (χ1v) is 4.37. The van der Waals surface area contributed by atoms with Crippen LogP contribution in [0, 0.1) is 4.91 Å². The molecule has 2 aromatic rings. The van der Waals surface area contributed by atoms with E-state index >= 15 is 0 Å². The number of rotatable bonds is 3. The number of benzene rings is 1. The fourth-order valence-corrected chi connectivity index (χ4v) is 1.40. The van der Waals surface area contributed by atoms with Crippen LogP contribution in [0.2, 0.25) is 0 Å². The summed E-state index contributed by atoms with van der Waals surface area (Å²) in [5.74, 6) is 0.673.